The van der Waals surface area contributed by atoms with Crippen molar-refractivity contribution in [3.05, 3.63) is 24.3 Å². The average Bonchev–Trinajstić information content (AvgIpc) is 3.35. The lowest BCUT2D eigenvalue weighted by Crippen LogP contribution is -2.45. The molecule has 0 rings (SSSR count). The van der Waals surface area contributed by atoms with E-state index in [1.54, 1.807) is 0 Å². The topological polar surface area (TPSA) is 95.9 Å². The predicted octanol–water partition coefficient (Wildman–Crippen LogP) is 19.4. The smallest absolute Gasteiger partial charge is 0.305 e. The van der Waals surface area contributed by atoms with Crippen molar-refractivity contribution < 1.29 is 24.5 Å². The minimum atomic E-state index is -0.700. The van der Waals surface area contributed by atoms with E-state index in [1.165, 1.54) is 250 Å². The number of esters is 1. The van der Waals surface area contributed by atoms with Crippen molar-refractivity contribution in [2.24, 2.45) is 0 Å². The molecule has 0 aliphatic rings. The van der Waals surface area contributed by atoms with Crippen LogP contribution in [0.15, 0.2) is 24.3 Å². The summed E-state index contributed by atoms with van der Waals surface area (Å²) in [6, 6.07) is -0.586. The highest BCUT2D eigenvalue weighted by Crippen LogP contribution is 2.18. The summed E-state index contributed by atoms with van der Waals surface area (Å²) in [4.78, 5) is 24.5. The summed E-state index contributed by atoms with van der Waals surface area (Å²) in [6.07, 6.45) is 72.0. The highest BCUT2D eigenvalue weighted by atomic mass is 16.5. The molecule has 2 unspecified atom stereocenters. The fourth-order valence-corrected chi connectivity index (χ4v) is 9.75. The summed E-state index contributed by atoms with van der Waals surface area (Å²) in [7, 11) is 0. The van der Waals surface area contributed by atoms with Crippen molar-refractivity contribution in [2.45, 2.75) is 353 Å². The van der Waals surface area contributed by atoms with Gasteiger partial charge in [0.2, 0.25) is 5.91 Å². The number of aliphatic hydroxyl groups excluding tert-OH is 2. The zero-order valence-electron chi connectivity index (χ0n) is 46.6. The monoisotopic (exact) mass is 972 g/mol. The average molecular weight is 973 g/mol. The summed E-state index contributed by atoms with van der Waals surface area (Å²) in [5, 5.41) is 23.3. The second kappa shape index (κ2) is 58.9. The Morgan fingerprint density at radius 1 is 0.406 bits per heavy atom. The van der Waals surface area contributed by atoms with Crippen LogP contribution >= 0.6 is 0 Å². The van der Waals surface area contributed by atoms with Crippen LogP contribution in [0, 0.1) is 0 Å². The SMILES string of the molecule is CCCCCCCCCCCCCCCCCCCCCCCCCC(O)C(CO)NC(=O)CC/C=C\C/C=C\CCCCCCCCOC(=O)CCCCCCCCCCCCCCCCCC. The van der Waals surface area contributed by atoms with Crippen LogP contribution < -0.4 is 5.32 Å². The molecule has 0 saturated carbocycles. The number of allylic oxidation sites excluding steroid dienone is 4. The molecule has 0 fully saturated rings. The maximum absolute atomic E-state index is 12.5. The molecule has 0 aromatic carbocycles. The first-order valence-electron chi connectivity index (χ1n) is 31.1. The molecule has 408 valence electrons. The fraction of sp³-hybridized carbons (Fsp3) is 0.905. The van der Waals surface area contributed by atoms with Crippen molar-refractivity contribution in [3.8, 4) is 0 Å². The van der Waals surface area contributed by atoms with Gasteiger partial charge in [-0.15, -0.1) is 0 Å². The number of nitrogens with one attached hydrogen (secondary N) is 1. The molecule has 0 bridgehead atoms. The van der Waals surface area contributed by atoms with Crippen LogP contribution in [0.2, 0.25) is 0 Å². The normalized spacial score (nSPS) is 12.7. The molecule has 69 heavy (non-hydrogen) atoms. The molecule has 0 saturated heterocycles. The summed E-state index contributed by atoms with van der Waals surface area (Å²) >= 11 is 0. The Hall–Kier alpha value is -1.66. The van der Waals surface area contributed by atoms with Gasteiger partial charge in [-0.05, 0) is 44.9 Å². The number of carbonyl (C=O) groups is 2. The van der Waals surface area contributed by atoms with Crippen LogP contribution in [-0.4, -0.2) is 47.4 Å². The lowest BCUT2D eigenvalue weighted by Gasteiger charge is -2.22. The van der Waals surface area contributed by atoms with Gasteiger partial charge in [0.15, 0.2) is 0 Å². The zero-order chi connectivity index (χ0) is 50.0. The molecule has 6 nitrogen and oxygen atoms in total. The Bertz CT molecular complexity index is 1080. The van der Waals surface area contributed by atoms with E-state index in [-0.39, 0.29) is 18.5 Å². The Morgan fingerprint density at radius 3 is 1.13 bits per heavy atom. The molecule has 0 spiro atoms. The van der Waals surface area contributed by atoms with Gasteiger partial charge in [-0.25, -0.2) is 0 Å². The van der Waals surface area contributed by atoms with E-state index in [2.05, 4.69) is 37.4 Å². The summed E-state index contributed by atoms with van der Waals surface area (Å²) in [6.45, 7) is 4.92. The lowest BCUT2D eigenvalue weighted by atomic mass is 10.0. The standard InChI is InChI=1S/C63H121NO5/c1-3-5-7-9-11-13-15-17-19-21-22-23-24-25-26-27-28-31-35-39-43-47-51-55-61(66)60(59-65)64-62(67)56-52-48-44-40-36-32-30-34-38-42-46-50-54-58-69-63(68)57-53-49-45-41-37-33-29-20-18-16-14-12-10-8-6-4-2/h32,36,44,48,60-61,65-66H,3-31,33-35,37-43,45-47,49-59H2,1-2H3,(H,64,67)/b36-32-,48-44-. The minimum Gasteiger partial charge on any atom is -0.466 e. The quantitative estimate of drug-likeness (QED) is 0.0321. The van der Waals surface area contributed by atoms with E-state index in [9.17, 15) is 19.8 Å². The fourth-order valence-electron chi connectivity index (χ4n) is 9.75. The van der Waals surface area contributed by atoms with Gasteiger partial charge in [0.05, 0.1) is 25.4 Å². The molecule has 3 N–H and O–H groups in total. The summed E-state index contributed by atoms with van der Waals surface area (Å²) < 4.78 is 5.47. The van der Waals surface area contributed by atoms with Crippen molar-refractivity contribution in [1.29, 1.82) is 0 Å². The van der Waals surface area contributed by atoms with E-state index in [0.29, 0.717) is 32.3 Å². The Kier molecular flexibility index (Phi) is 57.5. The molecular weight excluding hydrogens is 851 g/mol. The lowest BCUT2D eigenvalue weighted by molar-refractivity contribution is -0.143. The number of hydrogen-bond donors (Lipinski definition) is 3. The molecule has 0 aliphatic carbocycles. The summed E-state index contributed by atoms with van der Waals surface area (Å²) in [5.41, 5.74) is 0. The van der Waals surface area contributed by atoms with Crippen LogP contribution in [0.1, 0.15) is 341 Å². The predicted molar refractivity (Wildman–Crippen MR) is 301 cm³/mol. The Balaban J connectivity index is 3.51. The molecule has 6 heteroatoms. The van der Waals surface area contributed by atoms with E-state index in [4.69, 9.17) is 4.74 Å². The van der Waals surface area contributed by atoms with Crippen LogP contribution in [0.5, 0.6) is 0 Å². The zero-order valence-corrected chi connectivity index (χ0v) is 46.6. The van der Waals surface area contributed by atoms with E-state index < -0.39 is 12.1 Å². The van der Waals surface area contributed by atoms with Gasteiger partial charge in [-0.2, -0.15) is 0 Å². The first kappa shape index (κ1) is 67.3. The van der Waals surface area contributed by atoms with Crippen molar-refractivity contribution in [2.75, 3.05) is 13.2 Å². The summed E-state index contributed by atoms with van der Waals surface area (Å²) in [5.74, 6) is -0.124. The minimum absolute atomic E-state index is 0.0126. The van der Waals surface area contributed by atoms with Crippen LogP contribution in [0.25, 0.3) is 0 Å². The molecule has 0 aromatic heterocycles. The van der Waals surface area contributed by atoms with Crippen molar-refractivity contribution >= 4 is 11.9 Å². The number of unbranched alkanes of at least 4 members (excludes halogenated alkanes) is 43. The first-order chi connectivity index (χ1) is 34.0. The van der Waals surface area contributed by atoms with Gasteiger partial charge in [0.25, 0.3) is 0 Å². The van der Waals surface area contributed by atoms with E-state index in [1.807, 2.05) is 6.08 Å². The Morgan fingerprint density at radius 2 is 0.739 bits per heavy atom. The third-order valence-corrected chi connectivity index (χ3v) is 14.5. The second-order valence-electron chi connectivity index (χ2n) is 21.4. The Labute approximate surface area is 431 Å². The third kappa shape index (κ3) is 55.5. The number of ether oxygens (including phenoxy) is 1. The molecule has 0 radical (unpaired) electrons. The number of hydrogen-bond acceptors (Lipinski definition) is 5. The van der Waals surface area contributed by atoms with E-state index in [0.717, 1.165) is 51.4 Å². The number of carbonyl (C=O) groups excluding carboxylic acids is 2. The number of rotatable bonds is 58. The molecule has 2 atom stereocenters. The van der Waals surface area contributed by atoms with Gasteiger partial charge in [0, 0.05) is 12.8 Å². The van der Waals surface area contributed by atoms with Crippen LogP contribution in [-0.2, 0) is 14.3 Å². The number of aliphatic hydroxyl groups is 2. The number of amides is 1. The molecule has 0 aliphatic heterocycles. The second-order valence-corrected chi connectivity index (χ2v) is 21.4. The molecule has 1 amide bonds. The molecule has 0 heterocycles. The van der Waals surface area contributed by atoms with Gasteiger partial charge < -0.3 is 20.3 Å². The van der Waals surface area contributed by atoms with Gasteiger partial charge >= 0.3 is 5.97 Å². The highest BCUT2D eigenvalue weighted by molar-refractivity contribution is 5.76. The highest BCUT2D eigenvalue weighted by Gasteiger charge is 2.20. The largest absolute Gasteiger partial charge is 0.466 e. The van der Waals surface area contributed by atoms with Crippen LogP contribution in [0.4, 0.5) is 0 Å². The van der Waals surface area contributed by atoms with Crippen molar-refractivity contribution in [1.82, 2.24) is 5.32 Å². The maximum Gasteiger partial charge on any atom is 0.305 e. The maximum atomic E-state index is 12.5. The van der Waals surface area contributed by atoms with Gasteiger partial charge in [-0.1, -0.05) is 308 Å². The third-order valence-electron chi connectivity index (χ3n) is 14.5. The van der Waals surface area contributed by atoms with Gasteiger partial charge in [-0.3, -0.25) is 9.59 Å². The van der Waals surface area contributed by atoms with Crippen LogP contribution in [0.3, 0.4) is 0 Å². The molecular formula is C63H121NO5. The molecule has 0 aromatic rings. The van der Waals surface area contributed by atoms with Gasteiger partial charge in [0.1, 0.15) is 0 Å². The van der Waals surface area contributed by atoms with Crippen molar-refractivity contribution in [3.63, 3.8) is 0 Å². The first-order valence-corrected chi connectivity index (χ1v) is 31.1. The van der Waals surface area contributed by atoms with E-state index >= 15 is 0 Å².